The molecule has 4 nitrogen and oxygen atoms in total. The second-order valence-electron chi connectivity index (χ2n) is 6.32. The van der Waals surface area contributed by atoms with Crippen molar-refractivity contribution in [3.8, 4) is 5.75 Å². The number of carbonyl (C=O) groups is 1. The van der Waals surface area contributed by atoms with Crippen molar-refractivity contribution >= 4 is 29.0 Å². The fourth-order valence-electron chi connectivity index (χ4n) is 2.68. The van der Waals surface area contributed by atoms with Gasteiger partial charge in [0.15, 0.2) is 0 Å². The molecule has 1 saturated heterocycles. The Morgan fingerprint density at radius 1 is 1.43 bits per heavy atom. The number of amides is 1. The lowest BCUT2D eigenvalue weighted by atomic mass is 9.87. The van der Waals surface area contributed by atoms with Crippen molar-refractivity contribution in [1.82, 2.24) is 0 Å². The average molecular weight is 308 g/mol. The zero-order valence-corrected chi connectivity index (χ0v) is 14.0. The standard InChI is InChI=1S/C16H24N2O2S/c1-11(19)17-12-5-6-15(20-4)14(7-12)18-13-8-16(2,3)10-21-9-13/h5-7,13,18H,8-10H2,1-4H3,(H,17,19). The maximum Gasteiger partial charge on any atom is 0.221 e. The lowest BCUT2D eigenvalue weighted by Gasteiger charge is -2.35. The molecule has 1 aliphatic rings. The third-order valence-electron chi connectivity index (χ3n) is 3.49. The molecule has 0 bridgehead atoms. The van der Waals surface area contributed by atoms with E-state index < -0.39 is 0 Å². The van der Waals surface area contributed by atoms with E-state index >= 15 is 0 Å². The number of hydrogen-bond donors (Lipinski definition) is 2. The van der Waals surface area contributed by atoms with Crippen LogP contribution in [0.5, 0.6) is 5.75 Å². The number of methoxy groups -OCH3 is 1. The number of carbonyl (C=O) groups excluding carboxylic acids is 1. The van der Waals surface area contributed by atoms with E-state index in [0.717, 1.165) is 29.3 Å². The molecule has 1 amide bonds. The van der Waals surface area contributed by atoms with Crippen LogP contribution in [-0.4, -0.2) is 30.6 Å². The number of hydrogen-bond acceptors (Lipinski definition) is 4. The molecule has 1 heterocycles. The summed E-state index contributed by atoms with van der Waals surface area (Å²) in [6, 6.07) is 6.09. The highest BCUT2D eigenvalue weighted by Crippen LogP contribution is 2.36. The van der Waals surface area contributed by atoms with E-state index in [1.807, 2.05) is 30.0 Å². The van der Waals surface area contributed by atoms with Crippen LogP contribution < -0.4 is 15.4 Å². The molecule has 2 N–H and O–H groups in total. The number of ether oxygens (including phenoxy) is 1. The molecule has 1 unspecified atom stereocenters. The molecule has 0 saturated carbocycles. The highest BCUT2D eigenvalue weighted by molar-refractivity contribution is 7.99. The van der Waals surface area contributed by atoms with Gasteiger partial charge in [-0.05, 0) is 35.8 Å². The van der Waals surface area contributed by atoms with Crippen LogP contribution in [0.3, 0.4) is 0 Å². The first-order valence-corrected chi connectivity index (χ1v) is 8.35. The molecule has 1 aliphatic heterocycles. The summed E-state index contributed by atoms with van der Waals surface area (Å²) in [5.74, 6) is 3.03. The van der Waals surface area contributed by atoms with Crippen molar-refractivity contribution in [2.45, 2.75) is 33.2 Å². The Labute approximate surface area is 131 Å². The Bertz CT molecular complexity index is 517. The Balaban J connectivity index is 2.15. The minimum Gasteiger partial charge on any atom is -0.495 e. The Morgan fingerprint density at radius 2 is 2.19 bits per heavy atom. The molecule has 0 aromatic heterocycles. The van der Waals surface area contributed by atoms with Crippen LogP contribution in [0.15, 0.2) is 18.2 Å². The number of anilines is 2. The van der Waals surface area contributed by atoms with E-state index in [1.54, 1.807) is 7.11 Å². The predicted octanol–water partition coefficient (Wildman–Crippen LogP) is 3.60. The fraction of sp³-hybridized carbons (Fsp3) is 0.562. The quantitative estimate of drug-likeness (QED) is 0.892. The molecule has 0 aliphatic carbocycles. The Kier molecular flexibility index (Phi) is 5.04. The molecule has 0 spiro atoms. The third kappa shape index (κ3) is 4.56. The first kappa shape index (κ1) is 16.0. The van der Waals surface area contributed by atoms with Gasteiger partial charge in [0.2, 0.25) is 5.91 Å². The van der Waals surface area contributed by atoms with Gasteiger partial charge >= 0.3 is 0 Å². The molecular formula is C16H24N2O2S. The van der Waals surface area contributed by atoms with Gasteiger partial charge in [0.05, 0.1) is 12.8 Å². The zero-order chi connectivity index (χ0) is 15.5. The van der Waals surface area contributed by atoms with E-state index in [-0.39, 0.29) is 5.91 Å². The van der Waals surface area contributed by atoms with Gasteiger partial charge in [-0.25, -0.2) is 0 Å². The van der Waals surface area contributed by atoms with E-state index in [9.17, 15) is 4.79 Å². The topological polar surface area (TPSA) is 50.4 Å². The molecule has 2 rings (SSSR count). The van der Waals surface area contributed by atoms with Crippen molar-refractivity contribution in [3.63, 3.8) is 0 Å². The van der Waals surface area contributed by atoms with Gasteiger partial charge in [0.1, 0.15) is 5.75 Å². The third-order valence-corrected chi connectivity index (χ3v) is 5.11. The molecule has 116 valence electrons. The molecule has 5 heteroatoms. The van der Waals surface area contributed by atoms with Gasteiger partial charge in [-0.15, -0.1) is 0 Å². The fourth-order valence-corrected chi connectivity index (χ4v) is 3.95. The van der Waals surface area contributed by atoms with Gasteiger partial charge in [0, 0.05) is 24.4 Å². The molecular weight excluding hydrogens is 284 g/mol. The van der Waals surface area contributed by atoms with E-state index in [1.165, 1.54) is 12.7 Å². The summed E-state index contributed by atoms with van der Waals surface area (Å²) < 4.78 is 5.42. The normalized spacial score (nSPS) is 20.7. The van der Waals surface area contributed by atoms with E-state index in [2.05, 4.69) is 24.5 Å². The summed E-state index contributed by atoms with van der Waals surface area (Å²) >= 11 is 1.98. The zero-order valence-electron chi connectivity index (χ0n) is 13.2. The summed E-state index contributed by atoms with van der Waals surface area (Å²) in [4.78, 5) is 11.2. The lowest BCUT2D eigenvalue weighted by molar-refractivity contribution is -0.114. The SMILES string of the molecule is COc1ccc(NC(C)=O)cc1NC1CSCC(C)(C)C1. The second-order valence-corrected chi connectivity index (χ2v) is 7.35. The van der Waals surface area contributed by atoms with Crippen LogP contribution in [0.4, 0.5) is 11.4 Å². The van der Waals surface area contributed by atoms with Crippen molar-refractivity contribution in [2.24, 2.45) is 5.41 Å². The largest absolute Gasteiger partial charge is 0.495 e. The summed E-state index contributed by atoms with van der Waals surface area (Å²) in [7, 11) is 1.66. The van der Waals surface area contributed by atoms with Crippen molar-refractivity contribution in [1.29, 1.82) is 0 Å². The van der Waals surface area contributed by atoms with Gasteiger partial charge in [-0.2, -0.15) is 11.8 Å². The van der Waals surface area contributed by atoms with Gasteiger partial charge < -0.3 is 15.4 Å². The van der Waals surface area contributed by atoms with E-state index in [0.29, 0.717) is 11.5 Å². The minimum absolute atomic E-state index is 0.0690. The van der Waals surface area contributed by atoms with Gasteiger partial charge in [-0.3, -0.25) is 4.79 Å². The number of nitrogens with one attached hydrogen (secondary N) is 2. The number of thioether (sulfide) groups is 1. The number of rotatable bonds is 4. The second kappa shape index (κ2) is 6.60. The maximum absolute atomic E-state index is 11.2. The summed E-state index contributed by atoms with van der Waals surface area (Å²) in [5.41, 5.74) is 2.07. The molecule has 1 fully saturated rings. The Hall–Kier alpha value is -1.36. The van der Waals surface area contributed by atoms with Gasteiger partial charge in [-0.1, -0.05) is 13.8 Å². The predicted molar refractivity (Wildman–Crippen MR) is 90.4 cm³/mol. The smallest absolute Gasteiger partial charge is 0.221 e. The molecule has 21 heavy (non-hydrogen) atoms. The first-order chi connectivity index (χ1) is 9.89. The van der Waals surface area contributed by atoms with Crippen LogP contribution in [-0.2, 0) is 4.79 Å². The average Bonchev–Trinajstić information content (AvgIpc) is 2.37. The summed E-state index contributed by atoms with van der Waals surface area (Å²) in [6.07, 6.45) is 1.13. The summed E-state index contributed by atoms with van der Waals surface area (Å²) in [5, 5.41) is 6.38. The van der Waals surface area contributed by atoms with Crippen molar-refractivity contribution in [3.05, 3.63) is 18.2 Å². The van der Waals surface area contributed by atoms with Crippen molar-refractivity contribution in [2.75, 3.05) is 29.2 Å². The van der Waals surface area contributed by atoms with Crippen LogP contribution in [0.25, 0.3) is 0 Å². The molecule has 0 radical (unpaired) electrons. The maximum atomic E-state index is 11.2. The Morgan fingerprint density at radius 3 is 2.81 bits per heavy atom. The van der Waals surface area contributed by atoms with E-state index in [4.69, 9.17) is 4.74 Å². The minimum atomic E-state index is -0.0690. The summed E-state index contributed by atoms with van der Waals surface area (Å²) in [6.45, 7) is 6.12. The van der Waals surface area contributed by atoms with Crippen molar-refractivity contribution < 1.29 is 9.53 Å². The van der Waals surface area contributed by atoms with Gasteiger partial charge in [0.25, 0.3) is 0 Å². The number of benzene rings is 1. The van der Waals surface area contributed by atoms with Crippen LogP contribution in [0.2, 0.25) is 0 Å². The monoisotopic (exact) mass is 308 g/mol. The molecule has 1 aromatic carbocycles. The lowest BCUT2D eigenvalue weighted by Crippen LogP contribution is -2.35. The van der Waals surface area contributed by atoms with Crippen LogP contribution >= 0.6 is 11.8 Å². The molecule has 1 atom stereocenters. The van der Waals surface area contributed by atoms with Crippen LogP contribution in [0.1, 0.15) is 27.2 Å². The molecule has 1 aromatic rings. The highest BCUT2D eigenvalue weighted by Gasteiger charge is 2.28. The van der Waals surface area contributed by atoms with Crippen LogP contribution in [0, 0.1) is 5.41 Å². The first-order valence-electron chi connectivity index (χ1n) is 7.19. The highest BCUT2D eigenvalue weighted by atomic mass is 32.2.